The fraction of sp³-hybridized carbons (Fsp3) is 1.00. The van der Waals surface area contributed by atoms with Crippen molar-refractivity contribution in [3.8, 4) is 0 Å². The van der Waals surface area contributed by atoms with Crippen molar-refractivity contribution in [2.24, 2.45) is 23.7 Å². The fourth-order valence-electron chi connectivity index (χ4n) is 8.26. The third kappa shape index (κ3) is 69.5. The Hall–Kier alpha value is -0.600. The SMILES string of the molecule is C.C.CC(C)(C)N(CCN(C(C)(C)C)C(C)(C)C)C(C)(C)C.CC(C)CN(CCN(CC(C)C)CC(C)C)CC(C)C.CCO.COCC(C)OCCO.COCCOC(C)COC.COCCOCC(C)OCCO. The molecule has 0 aromatic rings. The molecular weight excluding hydrogens is 965 g/mol. The molecule has 0 aliphatic heterocycles. The molecular formula is C61H142N4O11. The van der Waals surface area contributed by atoms with Crippen LogP contribution in [0.25, 0.3) is 0 Å². The van der Waals surface area contributed by atoms with E-state index in [1.54, 1.807) is 35.4 Å². The lowest BCUT2D eigenvalue weighted by atomic mass is 9.93. The van der Waals surface area contributed by atoms with E-state index in [-0.39, 0.29) is 75.1 Å². The van der Waals surface area contributed by atoms with Crippen LogP contribution in [0.5, 0.6) is 0 Å². The molecule has 15 nitrogen and oxygen atoms in total. The van der Waals surface area contributed by atoms with E-state index in [0.29, 0.717) is 59.5 Å². The highest BCUT2D eigenvalue weighted by Crippen LogP contribution is 2.28. The summed E-state index contributed by atoms with van der Waals surface area (Å²) in [4.78, 5) is 10.5. The molecule has 0 saturated carbocycles. The third-order valence-corrected chi connectivity index (χ3v) is 10.3. The second kappa shape index (κ2) is 56.3. The largest absolute Gasteiger partial charge is 0.397 e. The summed E-state index contributed by atoms with van der Waals surface area (Å²) in [5, 5.41) is 24.3. The molecule has 3 N–H and O–H groups in total. The van der Waals surface area contributed by atoms with Gasteiger partial charge in [0, 0.05) is 110 Å². The van der Waals surface area contributed by atoms with Crippen molar-refractivity contribution in [1.29, 1.82) is 0 Å². The molecule has 472 valence electrons. The van der Waals surface area contributed by atoms with Gasteiger partial charge in [0.1, 0.15) is 0 Å². The van der Waals surface area contributed by atoms with Crippen molar-refractivity contribution in [3.63, 3.8) is 0 Å². The van der Waals surface area contributed by atoms with Crippen LogP contribution in [0.1, 0.15) is 181 Å². The number of nitrogens with zero attached hydrogens (tertiary/aromatic N) is 4. The van der Waals surface area contributed by atoms with Crippen molar-refractivity contribution in [2.45, 2.75) is 221 Å². The first-order chi connectivity index (χ1) is 34.0. The van der Waals surface area contributed by atoms with E-state index in [2.05, 4.69) is 158 Å². The highest BCUT2D eigenvalue weighted by molar-refractivity contribution is 4.91. The molecule has 3 unspecified atom stereocenters. The van der Waals surface area contributed by atoms with Crippen molar-refractivity contribution >= 4 is 0 Å². The van der Waals surface area contributed by atoms with Crippen molar-refractivity contribution in [1.82, 2.24) is 19.6 Å². The second-order valence-corrected chi connectivity index (χ2v) is 24.9. The number of hydrogen-bond donors (Lipinski definition) is 3. The summed E-state index contributed by atoms with van der Waals surface area (Å²) >= 11 is 0. The first-order valence-corrected chi connectivity index (χ1v) is 28.2. The van der Waals surface area contributed by atoms with Gasteiger partial charge in [0.05, 0.1) is 91.0 Å². The molecule has 0 aliphatic carbocycles. The van der Waals surface area contributed by atoms with Crippen molar-refractivity contribution < 1.29 is 53.2 Å². The van der Waals surface area contributed by atoms with Crippen LogP contribution in [0.15, 0.2) is 0 Å². The Kier molecular flexibility index (Phi) is 68.0. The van der Waals surface area contributed by atoms with Gasteiger partial charge in [0.2, 0.25) is 0 Å². The number of aliphatic hydroxyl groups is 3. The van der Waals surface area contributed by atoms with Gasteiger partial charge in [0.15, 0.2) is 0 Å². The summed E-state index contributed by atoms with van der Waals surface area (Å²) in [6.07, 6.45) is 0.288. The lowest BCUT2D eigenvalue weighted by Gasteiger charge is -2.50. The molecule has 0 aromatic heterocycles. The fourth-order valence-corrected chi connectivity index (χ4v) is 8.26. The van der Waals surface area contributed by atoms with Gasteiger partial charge >= 0.3 is 0 Å². The molecule has 0 radical (unpaired) electrons. The molecule has 76 heavy (non-hydrogen) atoms. The number of hydrogen-bond acceptors (Lipinski definition) is 15. The van der Waals surface area contributed by atoms with Crippen molar-refractivity contribution in [2.75, 3.05) is 160 Å². The monoisotopic (exact) mass is 1110 g/mol. The number of ether oxygens (including phenoxy) is 8. The van der Waals surface area contributed by atoms with Crippen LogP contribution in [0, 0.1) is 23.7 Å². The molecule has 0 rings (SSSR count). The van der Waals surface area contributed by atoms with Gasteiger partial charge < -0.3 is 63.0 Å². The summed E-state index contributed by atoms with van der Waals surface area (Å²) in [5.41, 5.74) is 0.777. The topological polar surface area (TPSA) is 147 Å². The number of aliphatic hydroxyl groups excluding tert-OH is 3. The van der Waals surface area contributed by atoms with Crippen LogP contribution in [-0.4, -0.2) is 235 Å². The zero-order valence-corrected chi connectivity index (χ0v) is 54.6. The van der Waals surface area contributed by atoms with Gasteiger partial charge in [-0.1, -0.05) is 70.2 Å². The Labute approximate surface area is 476 Å². The Morgan fingerprint density at radius 3 is 0.829 bits per heavy atom. The Bertz CT molecular complexity index is 1010. The standard InChI is InChI=1S/2C18H40N2.C8H18O4.C7H16O3.C6H14O3.C2H6O.2CH4/c1-15(2,3)19(16(4,5)6)13-14-20(17(7,8)9)18(10,11)12;1-15(2)11-19(12-16(3)4)9-10-20(13-17(5)6)14-18(7)8;1-8(12-4-3-9)7-11-6-5-10-2;1-7(6-9-3)10-5-4-8-2;1-6(5-8-2)9-4-3-7;1-2-3;;/h13-14H2,1-12H3;15-18H,9-14H2,1-8H3;8-9H,3-7H2,1-2H3;7H,4-6H2,1-3H3;6-7H,3-5H2,1-2H3;3H,2H2,1H3;2*1H4. The molecule has 0 saturated heterocycles. The molecule has 0 aromatic carbocycles. The summed E-state index contributed by atoms with van der Waals surface area (Å²) in [7, 11) is 6.58. The van der Waals surface area contributed by atoms with E-state index in [1.807, 2.05) is 20.8 Å². The van der Waals surface area contributed by atoms with E-state index < -0.39 is 0 Å². The molecule has 0 aliphatic rings. The first kappa shape index (κ1) is 91.9. The minimum Gasteiger partial charge on any atom is -0.397 e. The average molecular weight is 1110 g/mol. The Balaban J connectivity index is -0.000000128. The maximum Gasteiger partial charge on any atom is 0.0781 e. The van der Waals surface area contributed by atoms with E-state index in [9.17, 15) is 0 Å². The third-order valence-electron chi connectivity index (χ3n) is 10.3. The Morgan fingerprint density at radius 1 is 0.355 bits per heavy atom. The zero-order valence-electron chi connectivity index (χ0n) is 54.6. The average Bonchev–Trinajstić information content (AvgIpc) is 3.23. The minimum absolute atomic E-state index is 0. The number of methoxy groups -OCH3 is 4. The summed E-state index contributed by atoms with van der Waals surface area (Å²) in [6, 6.07) is 0. The number of rotatable bonds is 33. The van der Waals surface area contributed by atoms with Crippen LogP contribution in [0.4, 0.5) is 0 Å². The summed E-state index contributed by atoms with van der Waals surface area (Å²) in [5.74, 6) is 3.05. The molecule has 0 heterocycles. The summed E-state index contributed by atoms with van der Waals surface area (Å²) in [6.45, 7) is 68.8. The quantitative estimate of drug-likeness (QED) is 0.0535. The Morgan fingerprint density at radius 2 is 0.605 bits per heavy atom. The normalized spacial score (nSPS) is 13.1. The van der Waals surface area contributed by atoms with Gasteiger partial charge in [-0.15, -0.1) is 0 Å². The van der Waals surface area contributed by atoms with Crippen LogP contribution in [0.3, 0.4) is 0 Å². The van der Waals surface area contributed by atoms with Gasteiger partial charge in [-0.05, 0) is 134 Å². The molecule has 0 fully saturated rings. The van der Waals surface area contributed by atoms with E-state index >= 15 is 0 Å². The first-order valence-electron chi connectivity index (χ1n) is 28.2. The highest BCUT2D eigenvalue weighted by atomic mass is 16.6. The smallest absolute Gasteiger partial charge is 0.0781 e. The molecule has 3 atom stereocenters. The molecule has 15 heteroatoms. The van der Waals surface area contributed by atoms with Crippen LogP contribution < -0.4 is 0 Å². The van der Waals surface area contributed by atoms with Crippen LogP contribution in [-0.2, 0) is 37.9 Å². The van der Waals surface area contributed by atoms with Gasteiger partial charge in [0.25, 0.3) is 0 Å². The van der Waals surface area contributed by atoms with Gasteiger partial charge in [-0.2, -0.15) is 0 Å². The molecule has 0 bridgehead atoms. The van der Waals surface area contributed by atoms with Crippen LogP contribution in [0.2, 0.25) is 0 Å². The lowest BCUT2D eigenvalue weighted by Crippen LogP contribution is -2.59. The van der Waals surface area contributed by atoms with Crippen molar-refractivity contribution in [3.05, 3.63) is 0 Å². The molecule has 0 spiro atoms. The summed E-state index contributed by atoms with van der Waals surface area (Å²) < 4.78 is 40.0. The van der Waals surface area contributed by atoms with E-state index in [0.717, 1.165) is 36.8 Å². The van der Waals surface area contributed by atoms with E-state index in [4.69, 9.17) is 53.2 Å². The second-order valence-electron chi connectivity index (χ2n) is 24.9. The lowest BCUT2D eigenvalue weighted by molar-refractivity contribution is -0.0277. The maximum atomic E-state index is 8.44. The van der Waals surface area contributed by atoms with Gasteiger partial charge in [-0.25, -0.2) is 0 Å². The van der Waals surface area contributed by atoms with E-state index in [1.165, 1.54) is 39.3 Å². The highest BCUT2D eigenvalue weighted by Gasteiger charge is 2.35. The predicted molar refractivity (Wildman–Crippen MR) is 330 cm³/mol. The zero-order chi connectivity index (χ0) is 59.1. The molecule has 0 amide bonds. The predicted octanol–water partition coefficient (Wildman–Crippen LogP) is 11.0. The van der Waals surface area contributed by atoms with Crippen LogP contribution >= 0.6 is 0 Å². The maximum absolute atomic E-state index is 8.44. The minimum atomic E-state index is 0. The van der Waals surface area contributed by atoms with Gasteiger partial charge in [-0.3, -0.25) is 9.80 Å².